The quantitative estimate of drug-likeness (QED) is 0.511. The SMILES string of the molecule is O=C(c1c(Cl)cncc1Cl)c1nncc2c(OC3CCOC3)c(OC(F)F)ccc12. The van der Waals surface area contributed by atoms with Crippen LogP contribution in [0.1, 0.15) is 22.5 Å². The Bertz CT molecular complexity index is 1090. The number of carbonyl (C=O) groups excluding carboxylic acids is 1. The van der Waals surface area contributed by atoms with Crippen LogP contribution in [0.4, 0.5) is 8.78 Å². The average molecular weight is 456 g/mol. The fourth-order valence-corrected chi connectivity index (χ4v) is 3.65. The molecule has 1 aliphatic heterocycles. The fraction of sp³-hybridized carbons (Fsp3) is 0.263. The summed E-state index contributed by atoms with van der Waals surface area (Å²) in [6.45, 7) is -2.27. The predicted molar refractivity (Wildman–Crippen MR) is 104 cm³/mol. The van der Waals surface area contributed by atoms with Gasteiger partial charge in [-0.2, -0.15) is 13.9 Å². The molecule has 1 unspecified atom stereocenters. The van der Waals surface area contributed by atoms with Gasteiger partial charge in [0.15, 0.2) is 11.5 Å². The molecule has 2 aromatic heterocycles. The van der Waals surface area contributed by atoms with Gasteiger partial charge in [-0.25, -0.2) is 0 Å². The van der Waals surface area contributed by atoms with Crippen LogP contribution in [0.15, 0.2) is 30.7 Å². The van der Waals surface area contributed by atoms with Crippen LogP contribution in [0.3, 0.4) is 0 Å². The first kappa shape index (κ1) is 20.6. The van der Waals surface area contributed by atoms with Crippen molar-refractivity contribution >= 4 is 39.8 Å². The molecule has 4 rings (SSSR count). The summed E-state index contributed by atoms with van der Waals surface area (Å²) < 4.78 is 41.6. The summed E-state index contributed by atoms with van der Waals surface area (Å²) in [6, 6.07) is 2.71. The van der Waals surface area contributed by atoms with Gasteiger partial charge in [0.05, 0.1) is 40.4 Å². The summed E-state index contributed by atoms with van der Waals surface area (Å²) in [5.74, 6) is -0.752. The number of ketones is 1. The molecule has 0 N–H and O–H groups in total. The highest BCUT2D eigenvalue weighted by Crippen LogP contribution is 2.39. The molecule has 0 aliphatic carbocycles. The third kappa shape index (κ3) is 4.00. The molecule has 11 heteroatoms. The molecule has 1 aromatic carbocycles. The van der Waals surface area contributed by atoms with Gasteiger partial charge in [0.1, 0.15) is 11.8 Å². The van der Waals surface area contributed by atoms with Crippen LogP contribution in [-0.4, -0.2) is 46.9 Å². The van der Waals surface area contributed by atoms with Crippen LogP contribution >= 0.6 is 23.2 Å². The lowest BCUT2D eigenvalue weighted by Gasteiger charge is -2.18. The zero-order valence-electron chi connectivity index (χ0n) is 15.1. The molecule has 0 radical (unpaired) electrons. The van der Waals surface area contributed by atoms with Gasteiger partial charge in [-0.1, -0.05) is 23.2 Å². The summed E-state index contributed by atoms with van der Waals surface area (Å²) in [5.41, 5.74) is -0.0617. The van der Waals surface area contributed by atoms with Crippen molar-refractivity contribution in [3.05, 3.63) is 52.0 Å². The van der Waals surface area contributed by atoms with E-state index in [1.807, 2.05) is 0 Å². The molecule has 1 aliphatic rings. The van der Waals surface area contributed by atoms with Crippen molar-refractivity contribution in [1.29, 1.82) is 0 Å². The maximum absolute atomic E-state index is 13.1. The number of aromatic nitrogens is 3. The number of benzene rings is 1. The van der Waals surface area contributed by atoms with Gasteiger partial charge in [-0.05, 0) is 12.1 Å². The Balaban J connectivity index is 1.86. The Morgan fingerprint density at radius 1 is 1.17 bits per heavy atom. The second kappa shape index (κ2) is 8.63. The number of carbonyl (C=O) groups is 1. The highest BCUT2D eigenvalue weighted by atomic mass is 35.5. The zero-order chi connectivity index (χ0) is 21.3. The number of ether oxygens (including phenoxy) is 3. The number of rotatable bonds is 6. The Hall–Kier alpha value is -2.62. The van der Waals surface area contributed by atoms with Gasteiger partial charge in [0.2, 0.25) is 5.78 Å². The van der Waals surface area contributed by atoms with Crippen molar-refractivity contribution in [3.63, 3.8) is 0 Å². The Kier molecular flexibility index (Phi) is 5.94. The minimum atomic E-state index is -3.06. The summed E-state index contributed by atoms with van der Waals surface area (Å²) in [7, 11) is 0. The Morgan fingerprint density at radius 2 is 1.93 bits per heavy atom. The first-order chi connectivity index (χ1) is 14.5. The number of halogens is 4. The Labute approximate surface area is 178 Å². The minimum Gasteiger partial charge on any atom is -0.483 e. The summed E-state index contributed by atoms with van der Waals surface area (Å²) >= 11 is 12.2. The van der Waals surface area contributed by atoms with Crippen LogP contribution < -0.4 is 9.47 Å². The third-order valence-corrected chi connectivity index (χ3v) is 5.02. The maximum atomic E-state index is 13.1. The van der Waals surface area contributed by atoms with Gasteiger partial charge >= 0.3 is 6.61 Å². The van der Waals surface area contributed by atoms with E-state index in [0.717, 1.165) is 0 Å². The van der Waals surface area contributed by atoms with E-state index in [9.17, 15) is 13.6 Å². The summed E-state index contributed by atoms with van der Waals surface area (Å²) in [4.78, 5) is 16.9. The van der Waals surface area contributed by atoms with Crippen molar-refractivity contribution in [1.82, 2.24) is 15.2 Å². The van der Waals surface area contributed by atoms with Crippen LogP contribution in [-0.2, 0) is 4.74 Å². The van der Waals surface area contributed by atoms with E-state index in [4.69, 9.17) is 32.7 Å². The molecule has 1 fully saturated rings. The predicted octanol–water partition coefficient (Wildman–Crippen LogP) is 4.33. The van der Waals surface area contributed by atoms with Gasteiger partial charge in [0.25, 0.3) is 0 Å². The van der Waals surface area contributed by atoms with Crippen molar-refractivity contribution in [3.8, 4) is 11.5 Å². The highest BCUT2D eigenvalue weighted by molar-refractivity contribution is 6.41. The number of alkyl halides is 2. The first-order valence-corrected chi connectivity index (χ1v) is 9.52. The van der Waals surface area contributed by atoms with Gasteiger partial charge in [-0.15, -0.1) is 5.10 Å². The molecular formula is C19H13Cl2F2N3O4. The number of fused-ring (bicyclic) bond motifs is 1. The number of hydrogen-bond acceptors (Lipinski definition) is 7. The van der Waals surface area contributed by atoms with Gasteiger partial charge in [-0.3, -0.25) is 9.78 Å². The second-order valence-corrected chi connectivity index (χ2v) is 7.15. The monoisotopic (exact) mass is 455 g/mol. The van der Waals surface area contributed by atoms with E-state index in [0.29, 0.717) is 25.0 Å². The molecule has 3 aromatic rings. The fourth-order valence-electron chi connectivity index (χ4n) is 3.11. The molecule has 0 amide bonds. The average Bonchev–Trinajstić information content (AvgIpc) is 3.22. The molecular weight excluding hydrogens is 443 g/mol. The van der Waals surface area contributed by atoms with Crippen molar-refractivity contribution in [2.75, 3.05) is 13.2 Å². The van der Waals surface area contributed by atoms with E-state index in [1.54, 1.807) is 0 Å². The van der Waals surface area contributed by atoms with E-state index in [-0.39, 0.29) is 44.3 Å². The smallest absolute Gasteiger partial charge is 0.387 e. The Morgan fingerprint density at radius 3 is 2.60 bits per heavy atom. The van der Waals surface area contributed by atoms with E-state index < -0.39 is 12.4 Å². The standard InChI is InChI=1S/C19H13Cl2F2N3O4/c20-12-6-24-7-13(21)15(12)17(27)16-10-1-2-14(30-19(22)23)18(11(10)5-25-26-16)29-9-3-4-28-8-9/h1-2,5-7,9,19H,3-4,8H2. The second-order valence-electron chi connectivity index (χ2n) is 6.34. The molecule has 7 nitrogen and oxygen atoms in total. The van der Waals surface area contributed by atoms with E-state index >= 15 is 0 Å². The maximum Gasteiger partial charge on any atom is 0.387 e. The molecule has 0 saturated carbocycles. The van der Waals surface area contributed by atoms with Crippen molar-refractivity contribution in [2.24, 2.45) is 0 Å². The lowest BCUT2D eigenvalue weighted by Crippen LogP contribution is -2.17. The van der Waals surface area contributed by atoms with E-state index in [2.05, 4.69) is 19.9 Å². The van der Waals surface area contributed by atoms with Crippen molar-refractivity contribution in [2.45, 2.75) is 19.1 Å². The topological polar surface area (TPSA) is 83.4 Å². The van der Waals surface area contributed by atoms with Gasteiger partial charge in [0, 0.05) is 24.2 Å². The molecule has 30 heavy (non-hydrogen) atoms. The van der Waals surface area contributed by atoms with Gasteiger partial charge < -0.3 is 14.2 Å². The summed E-state index contributed by atoms with van der Waals surface area (Å²) in [5, 5.41) is 8.45. The summed E-state index contributed by atoms with van der Waals surface area (Å²) in [6.07, 6.45) is 4.10. The third-order valence-electron chi connectivity index (χ3n) is 4.44. The minimum absolute atomic E-state index is 0.00898. The number of hydrogen-bond donors (Lipinski definition) is 0. The largest absolute Gasteiger partial charge is 0.483 e. The molecule has 156 valence electrons. The molecule has 1 saturated heterocycles. The van der Waals surface area contributed by atoms with E-state index in [1.165, 1.54) is 30.7 Å². The first-order valence-electron chi connectivity index (χ1n) is 8.77. The molecule has 3 heterocycles. The van der Waals surface area contributed by atoms with Crippen LogP contribution in [0.2, 0.25) is 10.0 Å². The normalized spacial score (nSPS) is 16.2. The molecule has 1 atom stereocenters. The van der Waals surface area contributed by atoms with Crippen LogP contribution in [0, 0.1) is 0 Å². The lowest BCUT2D eigenvalue weighted by atomic mass is 10.0. The lowest BCUT2D eigenvalue weighted by molar-refractivity contribution is -0.0519. The number of pyridine rings is 1. The van der Waals surface area contributed by atoms with Crippen LogP contribution in [0.25, 0.3) is 10.8 Å². The molecule has 0 spiro atoms. The van der Waals surface area contributed by atoms with Crippen molar-refractivity contribution < 1.29 is 27.8 Å². The highest BCUT2D eigenvalue weighted by Gasteiger charge is 2.26. The zero-order valence-corrected chi connectivity index (χ0v) is 16.7. The number of nitrogens with zero attached hydrogens (tertiary/aromatic N) is 3. The van der Waals surface area contributed by atoms with Crippen LogP contribution in [0.5, 0.6) is 11.5 Å². The molecule has 0 bridgehead atoms.